The van der Waals surface area contributed by atoms with E-state index in [1.165, 1.54) is 77.1 Å². The summed E-state index contributed by atoms with van der Waals surface area (Å²) in [5.41, 5.74) is 16.9. The molecule has 0 atom stereocenters. The molecule has 0 spiro atoms. The Hall–Kier alpha value is -7.16. The number of anilines is 3. The summed E-state index contributed by atoms with van der Waals surface area (Å²) in [4.78, 5) is 2.36. The maximum atomic E-state index is 2.48. The van der Waals surface area contributed by atoms with Crippen LogP contribution in [0.5, 0.6) is 0 Å². The van der Waals surface area contributed by atoms with E-state index in [4.69, 9.17) is 0 Å². The van der Waals surface area contributed by atoms with E-state index < -0.39 is 0 Å². The molecule has 252 valence electrons. The lowest BCUT2D eigenvalue weighted by atomic mass is 9.88. The van der Waals surface area contributed by atoms with E-state index in [2.05, 4.69) is 216 Å². The van der Waals surface area contributed by atoms with Crippen LogP contribution in [0.2, 0.25) is 0 Å². The van der Waals surface area contributed by atoms with Gasteiger partial charge in [0.15, 0.2) is 0 Å². The summed E-state index contributed by atoms with van der Waals surface area (Å²) in [7, 11) is 0. The Morgan fingerprint density at radius 1 is 0.315 bits per heavy atom. The minimum absolute atomic E-state index is 1.10. The Labute approximate surface area is 314 Å². The van der Waals surface area contributed by atoms with Gasteiger partial charge < -0.3 is 9.47 Å². The Kier molecular flexibility index (Phi) is 6.90. The fourth-order valence-electron chi connectivity index (χ4n) is 8.77. The van der Waals surface area contributed by atoms with Gasteiger partial charge in [-0.1, -0.05) is 152 Å². The van der Waals surface area contributed by atoms with Crippen LogP contribution in [0.25, 0.3) is 82.8 Å². The number of para-hydroxylation sites is 1. The van der Waals surface area contributed by atoms with Crippen molar-refractivity contribution >= 4 is 49.6 Å². The van der Waals surface area contributed by atoms with E-state index in [1.54, 1.807) is 0 Å². The van der Waals surface area contributed by atoms with Crippen LogP contribution in [0.15, 0.2) is 206 Å². The molecule has 0 saturated heterocycles. The van der Waals surface area contributed by atoms with Crippen LogP contribution in [0.4, 0.5) is 17.1 Å². The molecular formula is C52H34N2. The van der Waals surface area contributed by atoms with Crippen LogP contribution in [0.3, 0.4) is 0 Å². The van der Waals surface area contributed by atoms with Gasteiger partial charge >= 0.3 is 0 Å². The summed E-state index contributed by atoms with van der Waals surface area (Å²) in [6.07, 6.45) is 0. The number of hydrogen-bond donors (Lipinski definition) is 0. The maximum absolute atomic E-state index is 2.48. The standard InChI is InChI=1S/C52H34N2/c1-4-14-35(15-5-1)36-26-29-40(30-27-36)53(39-19-8-3-9-20-39)41-21-13-22-42(34-41)54-47-32-28-38-18-12-25-45-44-23-10-11-24-46(44)50-43(37-16-6-2-7-17-37)31-33-48(54)52(50)51(47)49(38)45/h1-34H. The Balaban J connectivity index is 1.18. The lowest BCUT2D eigenvalue weighted by molar-refractivity contribution is 1.17. The van der Waals surface area contributed by atoms with Crippen LogP contribution in [-0.4, -0.2) is 4.57 Å². The van der Waals surface area contributed by atoms with Crippen molar-refractivity contribution in [2.75, 3.05) is 4.90 Å². The SMILES string of the molecule is c1ccc(-c2ccc(N(c3ccccc3)c3cccc(-n4c5ccc(-c6ccccc6)c6c5c5c7c(cccc7ccc54)-c4ccccc4-6)c3)cc2)cc1. The molecule has 11 rings (SSSR count). The van der Waals surface area contributed by atoms with Gasteiger partial charge in [-0.3, -0.25) is 0 Å². The largest absolute Gasteiger partial charge is 0.310 e. The Morgan fingerprint density at radius 2 is 0.889 bits per heavy atom. The maximum Gasteiger partial charge on any atom is 0.0548 e. The third-order valence-electron chi connectivity index (χ3n) is 11.1. The molecule has 0 radical (unpaired) electrons. The van der Waals surface area contributed by atoms with Crippen molar-refractivity contribution in [3.05, 3.63) is 206 Å². The normalized spacial score (nSPS) is 11.7. The van der Waals surface area contributed by atoms with Crippen molar-refractivity contribution in [3.63, 3.8) is 0 Å². The highest BCUT2D eigenvalue weighted by Gasteiger charge is 2.27. The first-order chi connectivity index (χ1) is 26.8. The molecule has 10 aromatic rings. The molecule has 2 nitrogen and oxygen atoms in total. The molecule has 0 fully saturated rings. The summed E-state index contributed by atoms with van der Waals surface area (Å²) in [6, 6.07) is 75.1. The Bertz CT molecular complexity index is 3010. The molecule has 9 aromatic carbocycles. The second kappa shape index (κ2) is 12.2. The molecule has 0 amide bonds. The number of hydrogen-bond acceptors (Lipinski definition) is 1. The monoisotopic (exact) mass is 686 g/mol. The van der Waals surface area contributed by atoms with E-state index in [1.807, 2.05) is 0 Å². The molecule has 1 aliphatic carbocycles. The van der Waals surface area contributed by atoms with Crippen molar-refractivity contribution in [2.24, 2.45) is 0 Å². The van der Waals surface area contributed by atoms with Gasteiger partial charge in [0.1, 0.15) is 0 Å². The predicted octanol–water partition coefficient (Wildman–Crippen LogP) is 14.4. The van der Waals surface area contributed by atoms with E-state index >= 15 is 0 Å². The molecule has 0 saturated carbocycles. The summed E-state index contributed by atoms with van der Waals surface area (Å²) < 4.78 is 2.48. The van der Waals surface area contributed by atoms with Gasteiger partial charge in [0.05, 0.1) is 11.0 Å². The van der Waals surface area contributed by atoms with Gasteiger partial charge in [0.25, 0.3) is 0 Å². The summed E-state index contributed by atoms with van der Waals surface area (Å²) in [6.45, 7) is 0. The first-order valence-electron chi connectivity index (χ1n) is 18.6. The average molecular weight is 687 g/mol. The highest BCUT2D eigenvalue weighted by atomic mass is 15.1. The van der Waals surface area contributed by atoms with Crippen molar-refractivity contribution in [1.29, 1.82) is 0 Å². The predicted molar refractivity (Wildman–Crippen MR) is 228 cm³/mol. The quantitative estimate of drug-likeness (QED) is 0.169. The first-order valence-corrected chi connectivity index (χ1v) is 18.6. The summed E-state index contributed by atoms with van der Waals surface area (Å²) >= 11 is 0. The van der Waals surface area contributed by atoms with E-state index in [-0.39, 0.29) is 0 Å². The van der Waals surface area contributed by atoms with Gasteiger partial charge in [0, 0.05) is 39.1 Å². The molecule has 1 heterocycles. The lowest BCUT2D eigenvalue weighted by Gasteiger charge is -2.26. The second-order valence-electron chi connectivity index (χ2n) is 14.1. The summed E-state index contributed by atoms with van der Waals surface area (Å²) in [5, 5.41) is 5.19. The van der Waals surface area contributed by atoms with Crippen LogP contribution in [0, 0.1) is 0 Å². The molecule has 0 unspecified atom stereocenters. The number of fused-ring (bicyclic) bond motifs is 3. The third-order valence-corrected chi connectivity index (χ3v) is 11.1. The minimum atomic E-state index is 1.10. The molecule has 0 bridgehead atoms. The third kappa shape index (κ3) is 4.67. The molecule has 0 aliphatic heterocycles. The zero-order valence-corrected chi connectivity index (χ0v) is 29.5. The highest BCUT2D eigenvalue weighted by molar-refractivity contribution is 6.31. The molecule has 1 aliphatic rings. The zero-order valence-electron chi connectivity index (χ0n) is 29.5. The fourth-order valence-corrected chi connectivity index (χ4v) is 8.77. The van der Waals surface area contributed by atoms with Crippen LogP contribution in [0.1, 0.15) is 0 Å². The molecule has 2 heteroatoms. The minimum Gasteiger partial charge on any atom is -0.310 e. The van der Waals surface area contributed by atoms with Crippen LogP contribution < -0.4 is 4.90 Å². The van der Waals surface area contributed by atoms with Gasteiger partial charge in [-0.25, -0.2) is 0 Å². The average Bonchev–Trinajstić information content (AvgIpc) is 3.52. The molecular weight excluding hydrogens is 653 g/mol. The molecule has 0 N–H and O–H groups in total. The van der Waals surface area contributed by atoms with Crippen molar-refractivity contribution in [2.45, 2.75) is 0 Å². The van der Waals surface area contributed by atoms with Crippen LogP contribution in [-0.2, 0) is 0 Å². The van der Waals surface area contributed by atoms with E-state index in [0.717, 1.165) is 22.7 Å². The fraction of sp³-hybridized carbons (Fsp3) is 0. The van der Waals surface area contributed by atoms with Crippen molar-refractivity contribution in [3.8, 4) is 50.2 Å². The number of nitrogens with zero attached hydrogens (tertiary/aromatic N) is 2. The van der Waals surface area contributed by atoms with Gasteiger partial charge in [-0.2, -0.15) is 0 Å². The van der Waals surface area contributed by atoms with E-state index in [9.17, 15) is 0 Å². The number of aromatic nitrogens is 1. The molecule has 1 aromatic heterocycles. The number of rotatable bonds is 6. The van der Waals surface area contributed by atoms with Crippen LogP contribution >= 0.6 is 0 Å². The molecule has 54 heavy (non-hydrogen) atoms. The highest BCUT2D eigenvalue weighted by Crippen LogP contribution is 2.52. The Morgan fingerprint density at radius 3 is 1.67 bits per heavy atom. The first kappa shape index (κ1) is 30.5. The van der Waals surface area contributed by atoms with Gasteiger partial charge in [-0.15, -0.1) is 0 Å². The zero-order chi connectivity index (χ0) is 35.6. The second-order valence-corrected chi connectivity index (χ2v) is 14.1. The topological polar surface area (TPSA) is 8.17 Å². The van der Waals surface area contributed by atoms with E-state index in [0.29, 0.717) is 0 Å². The summed E-state index contributed by atoms with van der Waals surface area (Å²) in [5.74, 6) is 0. The van der Waals surface area contributed by atoms with Gasteiger partial charge in [0.2, 0.25) is 0 Å². The van der Waals surface area contributed by atoms with Gasteiger partial charge in [-0.05, 0) is 104 Å². The lowest BCUT2D eigenvalue weighted by Crippen LogP contribution is -2.10. The van der Waals surface area contributed by atoms with Crippen molar-refractivity contribution in [1.82, 2.24) is 4.57 Å². The smallest absolute Gasteiger partial charge is 0.0548 e. The number of benzene rings is 9. The van der Waals surface area contributed by atoms with Crippen molar-refractivity contribution < 1.29 is 0 Å².